The average Bonchev–Trinajstić information content (AvgIpc) is 3.63. The summed E-state index contributed by atoms with van der Waals surface area (Å²) in [4.78, 5) is 32.3. The van der Waals surface area contributed by atoms with Gasteiger partial charge in [-0.05, 0) is 64.6 Å². The number of likely N-dealkylation sites (tertiary alicyclic amines) is 2. The fourth-order valence-electron chi connectivity index (χ4n) is 6.82. The monoisotopic (exact) mass is 672 g/mol. The standard InChI is InChI=1S/C37H39F3N6O3/c1-8-25-28(39)13-12-23-10-9-11-26(30(23)25)32-31(40)33-27(18-41-32)34(43-35(42-33)48-20-24-16-22(17-38)19-44(24)6)45(7)29-14-15-46(21(29)2)36(47)49-37(3,4)5/h1,9-13,17-18,21,24,29H,14-16,19-20H2,2-7H3/b22-17-/t21-,24-,29-/m1/s1. The Balaban J connectivity index is 1.44. The maximum Gasteiger partial charge on any atom is 0.410 e. The van der Waals surface area contributed by atoms with Gasteiger partial charge in [0.1, 0.15) is 35.1 Å². The lowest BCUT2D eigenvalue weighted by atomic mass is 9.96. The van der Waals surface area contributed by atoms with Gasteiger partial charge in [-0.1, -0.05) is 30.2 Å². The molecule has 2 saturated heterocycles. The molecule has 4 aromatic rings. The van der Waals surface area contributed by atoms with Crippen LogP contribution >= 0.6 is 0 Å². The third kappa shape index (κ3) is 6.47. The van der Waals surface area contributed by atoms with E-state index < -0.39 is 23.3 Å². The van der Waals surface area contributed by atoms with Crippen LogP contribution in [0.3, 0.4) is 0 Å². The quantitative estimate of drug-likeness (QED) is 0.205. The van der Waals surface area contributed by atoms with E-state index in [4.69, 9.17) is 20.9 Å². The fourth-order valence-corrected chi connectivity index (χ4v) is 6.82. The molecule has 0 spiro atoms. The van der Waals surface area contributed by atoms with E-state index in [1.54, 1.807) is 29.2 Å². The molecule has 0 unspecified atom stereocenters. The van der Waals surface area contributed by atoms with Crippen molar-refractivity contribution < 1.29 is 27.4 Å². The number of likely N-dealkylation sites (N-methyl/N-ethyl adjacent to an activating group) is 2. The Labute approximate surface area is 283 Å². The van der Waals surface area contributed by atoms with Crippen molar-refractivity contribution in [2.75, 3.05) is 38.7 Å². The largest absolute Gasteiger partial charge is 0.462 e. The summed E-state index contributed by atoms with van der Waals surface area (Å²) in [6, 6.07) is 7.33. The van der Waals surface area contributed by atoms with Crippen LogP contribution in [0.2, 0.25) is 0 Å². The van der Waals surface area contributed by atoms with Crippen molar-refractivity contribution in [2.24, 2.45) is 0 Å². The number of carbonyl (C=O) groups excluding carboxylic acids is 1. The Morgan fingerprint density at radius 1 is 1.20 bits per heavy atom. The Kier molecular flexibility index (Phi) is 9.15. The van der Waals surface area contributed by atoms with Gasteiger partial charge in [0.2, 0.25) is 0 Å². The fraction of sp³-hybridized carbons (Fsp3) is 0.405. The number of hydrogen-bond donors (Lipinski definition) is 0. The SMILES string of the molecule is C#Cc1c(F)ccc2cccc(-c3ncc4c(N(C)[C@@H]5CCN(C(=O)OC(C)(C)C)[C@@H]5C)nc(OC[C@H]5C/C(=C/F)CN5C)nc4c3F)c12. The van der Waals surface area contributed by atoms with Crippen LogP contribution in [0.25, 0.3) is 32.9 Å². The number of hydrogen-bond acceptors (Lipinski definition) is 8. The highest BCUT2D eigenvalue weighted by Crippen LogP contribution is 2.38. The third-order valence-corrected chi connectivity index (χ3v) is 9.34. The molecule has 1 amide bonds. The van der Waals surface area contributed by atoms with Crippen LogP contribution in [0.5, 0.6) is 6.01 Å². The van der Waals surface area contributed by atoms with Crippen molar-refractivity contribution in [3.63, 3.8) is 0 Å². The van der Waals surface area contributed by atoms with Crippen LogP contribution in [-0.2, 0) is 4.74 Å². The minimum absolute atomic E-state index is 0.00803. The molecule has 0 radical (unpaired) electrons. The van der Waals surface area contributed by atoms with Crippen molar-refractivity contribution in [1.82, 2.24) is 24.8 Å². The van der Waals surface area contributed by atoms with E-state index in [2.05, 4.69) is 15.9 Å². The van der Waals surface area contributed by atoms with E-state index in [0.717, 1.165) is 0 Å². The first-order valence-electron chi connectivity index (χ1n) is 16.2. The maximum absolute atomic E-state index is 16.8. The Morgan fingerprint density at radius 2 is 1.98 bits per heavy atom. The molecule has 2 aromatic heterocycles. The van der Waals surface area contributed by atoms with Crippen LogP contribution in [-0.4, -0.2) is 88.4 Å². The lowest BCUT2D eigenvalue weighted by Gasteiger charge is -2.33. The molecule has 9 nitrogen and oxygen atoms in total. The Bertz CT molecular complexity index is 2010. The molecular formula is C37H39F3N6O3. The number of terminal acetylenes is 1. The van der Waals surface area contributed by atoms with Crippen molar-refractivity contribution in [1.29, 1.82) is 0 Å². The van der Waals surface area contributed by atoms with Crippen LogP contribution in [0.1, 0.15) is 46.1 Å². The van der Waals surface area contributed by atoms with Gasteiger partial charge in [0.25, 0.3) is 0 Å². The molecule has 3 atom stereocenters. The van der Waals surface area contributed by atoms with E-state index in [1.807, 2.05) is 51.6 Å². The number of amides is 1. The van der Waals surface area contributed by atoms with Gasteiger partial charge in [-0.25, -0.2) is 18.0 Å². The van der Waals surface area contributed by atoms with Gasteiger partial charge in [-0.2, -0.15) is 9.97 Å². The molecule has 0 N–H and O–H groups in total. The Hall–Kier alpha value is -4.89. The van der Waals surface area contributed by atoms with Crippen LogP contribution in [0.15, 0.2) is 48.4 Å². The number of halogens is 3. The molecule has 4 heterocycles. The first kappa shape index (κ1) is 34.0. The van der Waals surface area contributed by atoms with Crippen molar-refractivity contribution in [2.45, 2.75) is 64.3 Å². The summed E-state index contributed by atoms with van der Waals surface area (Å²) >= 11 is 0. The average molecular weight is 673 g/mol. The molecular weight excluding hydrogens is 633 g/mol. The molecule has 2 aliphatic heterocycles. The number of aromatic nitrogens is 3. The molecule has 0 aliphatic carbocycles. The summed E-state index contributed by atoms with van der Waals surface area (Å²) in [6.07, 6.45) is 8.48. The predicted octanol–water partition coefficient (Wildman–Crippen LogP) is 6.87. The van der Waals surface area contributed by atoms with E-state index in [1.165, 1.54) is 12.3 Å². The van der Waals surface area contributed by atoms with Gasteiger partial charge in [0.15, 0.2) is 5.82 Å². The van der Waals surface area contributed by atoms with E-state index in [0.29, 0.717) is 65.4 Å². The number of nitrogens with zero attached hydrogens (tertiary/aromatic N) is 6. The zero-order valence-electron chi connectivity index (χ0n) is 28.4. The van der Waals surface area contributed by atoms with Gasteiger partial charge in [-0.3, -0.25) is 9.88 Å². The second-order valence-corrected chi connectivity index (χ2v) is 13.7. The zero-order valence-corrected chi connectivity index (χ0v) is 28.4. The minimum Gasteiger partial charge on any atom is -0.462 e. The molecule has 12 heteroatoms. The van der Waals surface area contributed by atoms with Gasteiger partial charge in [0, 0.05) is 43.3 Å². The van der Waals surface area contributed by atoms with Crippen molar-refractivity contribution in [3.8, 4) is 29.6 Å². The number of anilines is 1. The number of benzene rings is 2. The summed E-state index contributed by atoms with van der Waals surface area (Å²) in [5, 5.41) is 1.32. The first-order chi connectivity index (χ1) is 23.3. The highest BCUT2D eigenvalue weighted by Gasteiger charge is 2.39. The summed E-state index contributed by atoms with van der Waals surface area (Å²) in [7, 11) is 3.70. The summed E-state index contributed by atoms with van der Waals surface area (Å²) < 4.78 is 56.7. The van der Waals surface area contributed by atoms with Gasteiger partial charge < -0.3 is 19.3 Å². The maximum atomic E-state index is 16.8. The lowest BCUT2D eigenvalue weighted by molar-refractivity contribution is 0.0233. The minimum atomic E-state index is -0.755. The second kappa shape index (κ2) is 13.2. The number of rotatable bonds is 6. The lowest BCUT2D eigenvalue weighted by Crippen LogP contribution is -2.45. The van der Waals surface area contributed by atoms with E-state index in [-0.39, 0.29) is 47.5 Å². The number of ether oxygens (including phenoxy) is 2. The van der Waals surface area contributed by atoms with E-state index >= 15 is 4.39 Å². The Morgan fingerprint density at radius 3 is 2.67 bits per heavy atom. The number of carbonyl (C=O) groups is 1. The number of pyridine rings is 1. The van der Waals surface area contributed by atoms with Crippen LogP contribution < -0.4 is 9.64 Å². The second-order valence-electron chi connectivity index (χ2n) is 13.7. The molecule has 2 aromatic carbocycles. The van der Waals surface area contributed by atoms with Crippen LogP contribution in [0.4, 0.5) is 23.8 Å². The molecule has 2 aliphatic rings. The summed E-state index contributed by atoms with van der Waals surface area (Å²) in [6.45, 7) is 8.47. The molecule has 0 bridgehead atoms. The predicted molar refractivity (Wildman–Crippen MR) is 183 cm³/mol. The highest BCUT2D eigenvalue weighted by molar-refractivity contribution is 6.02. The van der Waals surface area contributed by atoms with Crippen molar-refractivity contribution >= 4 is 33.6 Å². The summed E-state index contributed by atoms with van der Waals surface area (Å²) in [5.41, 5.74) is 0.218. The highest BCUT2D eigenvalue weighted by atomic mass is 19.1. The normalized spacial score (nSPS) is 20.7. The van der Waals surface area contributed by atoms with E-state index in [9.17, 15) is 13.6 Å². The number of fused-ring (bicyclic) bond motifs is 2. The molecule has 256 valence electrons. The molecule has 49 heavy (non-hydrogen) atoms. The first-order valence-corrected chi connectivity index (χ1v) is 16.2. The van der Waals surface area contributed by atoms with Gasteiger partial charge >= 0.3 is 12.1 Å². The van der Waals surface area contributed by atoms with Gasteiger partial charge in [0.05, 0.1) is 29.4 Å². The summed E-state index contributed by atoms with van der Waals surface area (Å²) in [5.74, 6) is 1.41. The molecule has 6 rings (SSSR count). The van der Waals surface area contributed by atoms with Crippen molar-refractivity contribution in [3.05, 3.63) is 65.6 Å². The smallest absolute Gasteiger partial charge is 0.410 e. The molecule has 2 fully saturated rings. The zero-order chi connectivity index (χ0) is 35.2. The van der Waals surface area contributed by atoms with Gasteiger partial charge in [-0.15, -0.1) is 6.42 Å². The topological polar surface area (TPSA) is 83.9 Å². The molecule has 0 saturated carbocycles. The van der Waals surface area contributed by atoms with Crippen LogP contribution in [0, 0.1) is 24.0 Å². The third-order valence-electron chi connectivity index (χ3n) is 9.34.